The highest BCUT2D eigenvalue weighted by atomic mass is 32.1. The molecule has 134 valence electrons. The number of halogens is 3. The van der Waals surface area contributed by atoms with Gasteiger partial charge in [-0.05, 0) is 30.3 Å². The topological polar surface area (TPSA) is 66.9 Å². The fourth-order valence-electron chi connectivity index (χ4n) is 2.15. The highest BCUT2D eigenvalue weighted by Crippen LogP contribution is 2.31. The molecule has 0 atom stereocenters. The van der Waals surface area contributed by atoms with Crippen molar-refractivity contribution >= 4 is 33.8 Å². The summed E-state index contributed by atoms with van der Waals surface area (Å²) in [5.74, 6) is -0.256. The van der Waals surface area contributed by atoms with Gasteiger partial charge in [-0.25, -0.2) is 4.98 Å². The van der Waals surface area contributed by atoms with E-state index in [2.05, 4.69) is 20.6 Å². The molecule has 0 spiro atoms. The molecule has 5 nitrogen and oxygen atoms in total. The SMILES string of the molecule is O=C(Cc1csc(Nc2cccc(C(F)(F)F)c2)n1)Nc1cccnc1. The van der Waals surface area contributed by atoms with Crippen molar-refractivity contribution in [1.82, 2.24) is 9.97 Å². The predicted molar refractivity (Wildman–Crippen MR) is 93.4 cm³/mol. The van der Waals surface area contributed by atoms with Crippen LogP contribution >= 0.6 is 11.3 Å². The molecule has 0 aliphatic heterocycles. The molecular formula is C17H13F3N4OS. The van der Waals surface area contributed by atoms with Crippen LogP contribution in [-0.2, 0) is 17.4 Å². The average molecular weight is 378 g/mol. The van der Waals surface area contributed by atoms with E-state index in [0.29, 0.717) is 16.5 Å². The maximum absolute atomic E-state index is 12.7. The van der Waals surface area contributed by atoms with Crippen LogP contribution in [0.4, 0.5) is 29.7 Å². The van der Waals surface area contributed by atoms with Gasteiger partial charge in [0.2, 0.25) is 5.91 Å². The summed E-state index contributed by atoms with van der Waals surface area (Å²) in [5.41, 5.74) is 0.636. The molecule has 9 heteroatoms. The number of aromatic nitrogens is 2. The van der Waals surface area contributed by atoms with Gasteiger partial charge in [0.25, 0.3) is 0 Å². The number of carbonyl (C=O) groups is 1. The van der Waals surface area contributed by atoms with Crippen LogP contribution in [0.2, 0.25) is 0 Å². The Hall–Kier alpha value is -2.94. The second-order valence-corrected chi connectivity index (χ2v) is 6.17. The third kappa shape index (κ3) is 4.79. The Kier molecular flexibility index (Phi) is 5.17. The van der Waals surface area contributed by atoms with Crippen molar-refractivity contribution in [3.05, 3.63) is 65.4 Å². The lowest BCUT2D eigenvalue weighted by Crippen LogP contribution is -2.14. The van der Waals surface area contributed by atoms with E-state index < -0.39 is 11.7 Å². The van der Waals surface area contributed by atoms with Crippen molar-refractivity contribution in [2.24, 2.45) is 0 Å². The van der Waals surface area contributed by atoms with Crippen LogP contribution in [0, 0.1) is 0 Å². The molecule has 0 aliphatic rings. The fourth-order valence-corrected chi connectivity index (χ4v) is 2.88. The van der Waals surface area contributed by atoms with Crippen molar-refractivity contribution in [3.63, 3.8) is 0 Å². The molecule has 3 aromatic rings. The first-order valence-electron chi connectivity index (χ1n) is 7.49. The first-order chi connectivity index (χ1) is 12.4. The van der Waals surface area contributed by atoms with E-state index in [1.165, 1.54) is 29.7 Å². The normalized spacial score (nSPS) is 11.2. The van der Waals surface area contributed by atoms with Crippen LogP contribution in [0.5, 0.6) is 0 Å². The van der Waals surface area contributed by atoms with E-state index >= 15 is 0 Å². The smallest absolute Gasteiger partial charge is 0.332 e. The second-order valence-electron chi connectivity index (χ2n) is 5.31. The summed E-state index contributed by atoms with van der Waals surface area (Å²) in [6, 6.07) is 8.27. The van der Waals surface area contributed by atoms with E-state index in [1.54, 1.807) is 23.7 Å². The molecule has 0 bridgehead atoms. The lowest BCUT2D eigenvalue weighted by molar-refractivity contribution is -0.137. The van der Waals surface area contributed by atoms with E-state index in [1.807, 2.05) is 0 Å². The maximum atomic E-state index is 12.7. The number of thiazole rings is 1. The molecule has 2 heterocycles. The number of carbonyl (C=O) groups excluding carboxylic acids is 1. The number of benzene rings is 1. The van der Waals surface area contributed by atoms with Crippen molar-refractivity contribution in [2.45, 2.75) is 12.6 Å². The molecule has 0 radical (unpaired) electrons. The molecule has 1 aromatic carbocycles. The van der Waals surface area contributed by atoms with Gasteiger partial charge in [0, 0.05) is 17.3 Å². The average Bonchev–Trinajstić information content (AvgIpc) is 3.02. The Morgan fingerprint density at radius 3 is 2.69 bits per heavy atom. The van der Waals surface area contributed by atoms with Crippen molar-refractivity contribution in [3.8, 4) is 0 Å². The Bertz CT molecular complexity index is 896. The fraction of sp³-hybridized carbons (Fsp3) is 0.118. The van der Waals surface area contributed by atoms with E-state index in [-0.39, 0.29) is 18.0 Å². The summed E-state index contributed by atoms with van der Waals surface area (Å²) < 4.78 is 38.2. The Balaban J connectivity index is 1.62. The van der Waals surface area contributed by atoms with Crippen LogP contribution in [-0.4, -0.2) is 15.9 Å². The zero-order chi connectivity index (χ0) is 18.6. The first kappa shape index (κ1) is 17.9. The number of nitrogens with one attached hydrogen (secondary N) is 2. The van der Waals surface area contributed by atoms with E-state index in [0.717, 1.165) is 12.1 Å². The summed E-state index contributed by atoms with van der Waals surface area (Å²) in [5, 5.41) is 7.61. The van der Waals surface area contributed by atoms with Gasteiger partial charge in [0.1, 0.15) is 0 Å². The largest absolute Gasteiger partial charge is 0.416 e. The van der Waals surface area contributed by atoms with E-state index in [9.17, 15) is 18.0 Å². The number of hydrogen-bond acceptors (Lipinski definition) is 5. The lowest BCUT2D eigenvalue weighted by atomic mass is 10.2. The zero-order valence-electron chi connectivity index (χ0n) is 13.2. The summed E-state index contributed by atoms with van der Waals surface area (Å²) in [7, 11) is 0. The van der Waals surface area contributed by atoms with Gasteiger partial charge in [-0.3, -0.25) is 9.78 Å². The van der Waals surface area contributed by atoms with E-state index in [4.69, 9.17) is 0 Å². The number of hydrogen-bond donors (Lipinski definition) is 2. The van der Waals surface area contributed by atoms with Crippen LogP contribution in [0.3, 0.4) is 0 Å². The Morgan fingerprint density at radius 1 is 1.15 bits per heavy atom. The predicted octanol–water partition coefficient (Wildman–Crippen LogP) is 4.48. The second kappa shape index (κ2) is 7.52. The minimum atomic E-state index is -4.41. The van der Waals surface area contributed by atoms with Crippen molar-refractivity contribution in [2.75, 3.05) is 10.6 Å². The molecule has 26 heavy (non-hydrogen) atoms. The Labute approximate surface area is 150 Å². The molecule has 2 N–H and O–H groups in total. The van der Waals surface area contributed by atoms with Gasteiger partial charge in [0.05, 0.1) is 29.6 Å². The highest BCUT2D eigenvalue weighted by Gasteiger charge is 2.30. The lowest BCUT2D eigenvalue weighted by Gasteiger charge is -2.08. The molecule has 0 saturated heterocycles. The quantitative estimate of drug-likeness (QED) is 0.687. The third-order valence-electron chi connectivity index (χ3n) is 3.28. The third-order valence-corrected chi connectivity index (χ3v) is 4.09. The van der Waals surface area contributed by atoms with Crippen LogP contribution in [0.1, 0.15) is 11.3 Å². The number of nitrogens with zero attached hydrogens (tertiary/aromatic N) is 2. The van der Waals surface area contributed by atoms with Crippen molar-refractivity contribution < 1.29 is 18.0 Å². The Morgan fingerprint density at radius 2 is 1.96 bits per heavy atom. The summed E-state index contributed by atoms with van der Waals surface area (Å²) in [6.07, 6.45) is -1.23. The number of rotatable bonds is 5. The molecule has 0 aliphatic carbocycles. The maximum Gasteiger partial charge on any atom is 0.416 e. The van der Waals surface area contributed by atoms with Gasteiger partial charge < -0.3 is 10.6 Å². The number of alkyl halides is 3. The molecule has 0 saturated carbocycles. The molecular weight excluding hydrogens is 365 g/mol. The standard InChI is InChI=1S/C17H13F3N4OS/c18-17(19,20)11-3-1-4-12(7-11)23-16-24-14(10-26-16)8-15(25)22-13-5-2-6-21-9-13/h1-7,9-10H,8H2,(H,22,25)(H,23,24). The van der Waals surface area contributed by atoms with Crippen LogP contribution in [0.25, 0.3) is 0 Å². The minimum absolute atomic E-state index is 0.0513. The molecule has 0 fully saturated rings. The number of pyridine rings is 1. The zero-order valence-corrected chi connectivity index (χ0v) is 14.1. The van der Waals surface area contributed by atoms with Gasteiger partial charge in [0.15, 0.2) is 5.13 Å². The highest BCUT2D eigenvalue weighted by molar-refractivity contribution is 7.13. The molecule has 3 rings (SSSR count). The van der Waals surface area contributed by atoms with Crippen molar-refractivity contribution in [1.29, 1.82) is 0 Å². The van der Waals surface area contributed by atoms with Gasteiger partial charge in [-0.15, -0.1) is 11.3 Å². The van der Waals surface area contributed by atoms with Gasteiger partial charge in [-0.1, -0.05) is 6.07 Å². The summed E-state index contributed by atoms with van der Waals surface area (Å²) >= 11 is 1.21. The summed E-state index contributed by atoms with van der Waals surface area (Å²) in [6.45, 7) is 0. The summed E-state index contributed by atoms with van der Waals surface area (Å²) in [4.78, 5) is 20.1. The minimum Gasteiger partial charge on any atom is -0.332 e. The van der Waals surface area contributed by atoms with Gasteiger partial charge >= 0.3 is 6.18 Å². The van der Waals surface area contributed by atoms with Gasteiger partial charge in [-0.2, -0.15) is 13.2 Å². The van der Waals surface area contributed by atoms with Crippen LogP contribution in [0.15, 0.2) is 54.2 Å². The number of anilines is 3. The van der Waals surface area contributed by atoms with Crippen LogP contribution < -0.4 is 10.6 Å². The molecule has 1 amide bonds. The first-order valence-corrected chi connectivity index (χ1v) is 8.37. The number of amides is 1. The monoisotopic (exact) mass is 378 g/mol. The molecule has 2 aromatic heterocycles. The molecule has 0 unspecified atom stereocenters.